The predicted molar refractivity (Wildman–Crippen MR) is 87.2 cm³/mol. The third-order valence-corrected chi connectivity index (χ3v) is 3.84. The quantitative estimate of drug-likeness (QED) is 0.809. The Morgan fingerprint density at radius 1 is 1.10 bits per heavy atom. The van der Waals surface area contributed by atoms with Gasteiger partial charge in [-0.05, 0) is 71.6 Å². The van der Waals surface area contributed by atoms with Gasteiger partial charge in [-0.3, -0.25) is 4.79 Å². The second-order valence-electron chi connectivity index (χ2n) is 4.96. The summed E-state index contributed by atoms with van der Waals surface area (Å²) in [5.74, 6) is -0.163. The number of rotatable bonds is 2. The maximum atomic E-state index is 12.3. The summed E-state index contributed by atoms with van der Waals surface area (Å²) < 4.78 is 0.878. The van der Waals surface area contributed by atoms with Crippen molar-refractivity contribution in [1.29, 1.82) is 0 Å². The summed E-state index contributed by atoms with van der Waals surface area (Å²) in [6.45, 7) is 5.90. The molecule has 0 fully saturated rings. The van der Waals surface area contributed by atoms with Crippen LogP contribution in [0, 0.1) is 20.8 Å². The zero-order valence-electron chi connectivity index (χ0n) is 11.8. The van der Waals surface area contributed by atoms with E-state index in [1.807, 2.05) is 39.0 Å². The van der Waals surface area contributed by atoms with Crippen LogP contribution in [0.2, 0.25) is 0 Å². The number of nitrogens with two attached hydrogens (primary N) is 1. The molecule has 0 bridgehead atoms. The van der Waals surface area contributed by atoms with Crippen molar-refractivity contribution >= 4 is 33.2 Å². The van der Waals surface area contributed by atoms with Crippen LogP contribution in [0.1, 0.15) is 27.0 Å². The fourth-order valence-corrected chi connectivity index (χ4v) is 2.81. The number of hydrogen-bond acceptors (Lipinski definition) is 2. The molecule has 2 aromatic carbocycles. The van der Waals surface area contributed by atoms with Crippen LogP contribution in [0.3, 0.4) is 0 Å². The Bertz CT molecular complexity index is 657. The Hall–Kier alpha value is -1.81. The lowest BCUT2D eigenvalue weighted by Gasteiger charge is -2.12. The number of hydrogen-bond donors (Lipinski definition) is 2. The Labute approximate surface area is 127 Å². The average molecular weight is 333 g/mol. The maximum absolute atomic E-state index is 12.3. The topological polar surface area (TPSA) is 55.1 Å². The molecule has 0 radical (unpaired) electrons. The maximum Gasteiger partial charge on any atom is 0.255 e. The molecule has 0 spiro atoms. The molecule has 2 rings (SSSR count). The zero-order valence-corrected chi connectivity index (χ0v) is 13.3. The van der Waals surface area contributed by atoms with Gasteiger partial charge in [0, 0.05) is 15.7 Å². The van der Waals surface area contributed by atoms with E-state index < -0.39 is 0 Å². The largest absolute Gasteiger partial charge is 0.398 e. The fraction of sp³-hybridized carbons (Fsp3) is 0.188. The van der Waals surface area contributed by atoms with Crippen LogP contribution in [0.15, 0.2) is 34.8 Å². The molecule has 20 heavy (non-hydrogen) atoms. The normalized spacial score (nSPS) is 10.4. The molecule has 2 aromatic rings. The highest BCUT2D eigenvalue weighted by atomic mass is 79.9. The van der Waals surface area contributed by atoms with Gasteiger partial charge in [-0.1, -0.05) is 12.1 Å². The van der Waals surface area contributed by atoms with Crippen molar-refractivity contribution in [2.24, 2.45) is 0 Å². The SMILES string of the molecule is Cc1cc(C)c(NC(=O)c2ccc(C)c(N)c2)c(Br)c1. The lowest BCUT2D eigenvalue weighted by molar-refractivity contribution is 0.102. The highest BCUT2D eigenvalue weighted by Gasteiger charge is 2.11. The third kappa shape index (κ3) is 3.02. The molecule has 0 aliphatic carbocycles. The molecule has 0 unspecified atom stereocenters. The van der Waals surface area contributed by atoms with Crippen LogP contribution < -0.4 is 11.1 Å². The van der Waals surface area contributed by atoms with Crippen molar-refractivity contribution < 1.29 is 4.79 Å². The van der Waals surface area contributed by atoms with E-state index in [-0.39, 0.29) is 5.91 Å². The molecule has 0 aromatic heterocycles. The van der Waals surface area contributed by atoms with E-state index in [1.165, 1.54) is 0 Å². The van der Waals surface area contributed by atoms with Crippen molar-refractivity contribution in [3.8, 4) is 0 Å². The summed E-state index contributed by atoms with van der Waals surface area (Å²) >= 11 is 3.49. The summed E-state index contributed by atoms with van der Waals surface area (Å²) in [5.41, 5.74) is 10.9. The smallest absolute Gasteiger partial charge is 0.255 e. The van der Waals surface area contributed by atoms with Crippen molar-refractivity contribution in [2.45, 2.75) is 20.8 Å². The molecule has 0 heterocycles. The lowest BCUT2D eigenvalue weighted by Crippen LogP contribution is -2.14. The molecule has 0 atom stereocenters. The summed E-state index contributed by atoms with van der Waals surface area (Å²) in [6, 6.07) is 9.33. The summed E-state index contributed by atoms with van der Waals surface area (Å²) in [7, 11) is 0. The standard InChI is InChI=1S/C16H17BrN2O/c1-9-6-11(3)15(13(17)7-9)19-16(20)12-5-4-10(2)14(18)8-12/h4-8H,18H2,1-3H3,(H,19,20). The Kier molecular flexibility index (Phi) is 4.14. The van der Waals surface area contributed by atoms with Crippen LogP contribution in [0.5, 0.6) is 0 Å². The van der Waals surface area contributed by atoms with E-state index in [9.17, 15) is 4.79 Å². The lowest BCUT2D eigenvalue weighted by atomic mass is 10.1. The van der Waals surface area contributed by atoms with E-state index in [2.05, 4.69) is 21.2 Å². The number of amides is 1. The van der Waals surface area contributed by atoms with E-state index in [0.717, 1.165) is 26.9 Å². The average Bonchev–Trinajstić information content (AvgIpc) is 2.36. The summed E-state index contributed by atoms with van der Waals surface area (Å²) in [4.78, 5) is 12.3. The number of benzene rings is 2. The number of carbonyl (C=O) groups is 1. The Balaban J connectivity index is 2.30. The van der Waals surface area contributed by atoms with Crippen molar-refractivity contribution in [1.82, 2.24) is 0 Å². The van der Waals surface area contributed by atoms with E-state index in [4.69, 9.17) is 5.73 Å². The van der Waals surface area contributed by atoms with Gasteiger partial charge < -0.3 is 11.1 Å². The highest BCUT2D eigenvalue weighted by molar-refractivity contribution is 9.10. The monoisotopic (exact) mass is 332 g/mol. The highest BCUT2D eigenvalue weighted by Crippen LogP contribution is 2.28. The first kappa shape index (κ1) is 14.6. The van der Waals surface area contributed by atoms with Gasteiger partial charge in [-0.25, -0.2) is 0 Å². The van der Waals surface area contributed by atoms with E-state index >= 15 is 0 Å². The number of nitrogen functional groups attached to an aromatic ring is 1. The van der Waals surface area contributed by atoms with Gasteiger partial charge in [-0.15, -0.1) is 0 Å². The van der Waals surface area contributed by atoms with Gasteiger partial charge in [0.25, 0.3) is 5.91 Å². The van der Waals surface area contributed by atoms with Crippen LogP contribution >= 0.6 is 15.9 Å². The first-order chi connectivity index (χ1) is 9.38. The van der Waals surface area contributed by atoms with Crippen molar-refractivity contribution in [3.05, 3.63) is 57.1 Å². The fourth-order valence-electron chi connectivity index (χ4n) is 2.04. The molecule has 4 heteroatoms. The number of nitrogens with one attached hydrogen (secondary N) is 1. The van der Waals surface area contributed by atoms with Crippen LogP contribution in [-0.4, -0.2) is 5.91 Å². The molecule has 104 valence electrons. The van der Waals surface area contributed by atoms with E-state index in [0.29, 0.717) is 11.3 Å². The number of aryl methyl sites for hydroxylation is 3. The summed E-state index contributed by atoms with van der Waals surface area (Å²) in [6.07, 6.45) is 0. The van der Waals surface area contributed by atoms with Crippen LogP contribution in [0.4, 0.5) is 11.4 Å². The van der Waals surface area contributed by atoms with E-state index in [1.54, 1.807) is 12.1 Å². The molecule has 0 aliphatic heterocycles. The zero-order chi connectivity index (χ0) is 14.9. The minimum absolute atomic E-state index is 0.163. The Morgan fingerprint density at radius 2 is 1.80 bits per heavy atom. The minimum Gasteiger partial charge on any atom is -0.398 e. The van der Waals surface area contributed by atoms with Gasteiger partial charge in [0.2, 0.25) is 0 Å². The Morgan fingerprint density at radius 3 is 2.40 bits per heavy atom. The minimum atomic E-state index is -0.163. The molecule has 3 nitrogen and oxygen atoms in total. The molecule has 3 N–H and O–H groups in total. The van der Waals surface area contributed by atoms with Crippen LogP contribution in [-0.2, 0) is 0 Å². The van der Waals surface area contributed by atoms with Gasteiger partial charge in [0.05, 0.1) is 5.69 Å². The van der Waals surface area contributed by atoms with Gasteiger partial charge in [-0.2, -0.15) is 0 Å². The van der Waals surface area contributed by atoms with Crippen molar-refractivity contribution in [2.75, 3.05) is 11.1 Å². The molecule has 0 saturated heterocycles. The number of anilines is 2. The molecular weight excluding hydrogens is 316 g/mol. The molecule has 0 saturated carbocycles. The van der Waals surface area contributed by atoms with Crippen LogP contribution in [0.25, 0.3) is 0 Å². The molecule has 0 aliphatic rings. The first-order valence-corrected chi connectivity index (χ1v) is 7.12. The second kappa shape index (κ2) is 5.67. The first-order valence-electron chi connectivity index (χ1n) is 6.32. The van der Waals surface area contributed by atoms with Gasteiger partial charge >= 0.3 is 0 Å². The second-order valence-corrected chi connectivity index (χ2v) is 5.82. The van der Waals surface area contributed by atoms with Gasteiger partial charge in [0.1, 0.15) is 0 Å². The van der Waals surface area contributed by atoms with Gasteiger partial charge in [0.15, 0.2) is 0 Å². The molecular formula is C16H17BrN2O. The number of halogens is 1. The third-order valence-electron chi connectivity index (χ3n) is 3.21. The van der Waals surface area contributed by atoms with Crippen molar-refractivity contribution in [3.63, 3.8) is 0 Å². The predicted octanol–water partition coefficient (Wildman–Crippen LogP) is 4.21. The molecule has 1 amide bonds. The number of carbonyl (C=O) groups excluding carboxylic acids is 1. The summed E-state index contributed by atoms with van der Waals surface area (Å²) in [5, 5.41) is 2.93.